The normalized spacial score (nSPS) is 12.1. The number of carbonyl (C=O) groups excluding carboxylic acids is 2. The highest BCUT2D eigenvalue weighted by molar-refractivity contribution is 8.00. The summed E-state index contributed by atoms with van der Waals surface area (Å²) in [6.45, 7) is -0.674. The summed E-state index contributed by atoms with van der Waals surface area (Å²) in [6, 6.07) is 18.2. The first-order chi connectivity index (χ1) is 16.9. The van der Waals surface area contributed by atoms with Crippen LogP contribution in [0.1, 0.15) is 11.1 Å². The van der Waals surface area contributed by atoms with E-state index in [4.69, 9.17) is 10.2 Å². The summed E-state index contributed by atoms with van der Waals surface area (Å²) in [4.78, 5) is 24.0. The van der Waals surface area contributed by atoms with Gasteiger partial charge in [0.25, 0.3) is 11.8 Å². The zero-order valence-corrected chi connectivity index (χ0v) is 19.9. The maximum atomic E-state index is 13.5. The largest absolute Gasteiger partial charge is 0.395 e. The minimum atomic E-state index is -4.62. The van der Waals surface area contributed by atoms with Gasteiger partial charge >= 0.3 is 0 Å². The molecule has 0 saturated carbocycles. The summed E-state index contributed by atoms with van der Waals surface area (Å²) in [6.07, 6.45) is 2.05. The van der Waals surface area contributed by atoms with Crippen LogP contribution in [0.15, 0.2) is 82.9 Å². The number of amides is 2. The Labute approximate surface area is 204 Å². The van der Waals surface area contributed by atoms with E-state index in [9.17, 15) is 18.0 Å². The van der Waals surface area contributed by atoms with Gasteiger partial charge in [-0.25, -0.2) is 8.42 Å². The van der Waals surface area contributed by atoms with Crippen molar-refractivity contribution < 1.29 is 28.2 Å². The Kier molecular flexibility index (Phi) is 11.5. The summed E-state index contributed by atoms with van der Waals surface area (Å²) in [5, 5.41) is 28.3. The van der Waals surface area contributed by atoms with E-state index in [0.29, 0.717) is 0 Å². The second-order valence-electron chi connectivity index (χ2n) is 7.21. The van der Waals surface area contributed by atoms with Crippen molar-refractivity contribution in [3.8, 4) is 0 Å². The van der Waals surface area contributed by atoms with Gasteiger partial charge in [-0.2, -0.15) is 0 Å². The Balaban J connectivity index is 2.36. The van der Waals surface area contributed by atoms with Crippen molar-refractivity contribution in [2.75, 3.05) is 26.3 Å². The Hall–Kier alpha value is -3.67. The molecular formula is C24H30N4O6S. The highest BCUT2D eigenvalue weighted by atomic mass is 32.2. The molecule has 0 fully saturated rings. The van der Waals surface area contributed by atoms with Crippen LogP contribution in [0, 0.1) is 0 Å². The van der Waals surface area contributed by atoms with Crippen LogP contribution >= 0.6 is 0 Å². The first kappa shape index (κ1) is 27.6. The number of sulfone groups is 1. The minimum absolute atomic E-state index is 0.174. The number of benzene rings is 2. The molecule has 0 heterocycles. The quantitative estimate of drug-likeness (QED) is 0.195. The number of hydrogen-bond acceptors (Lipinski definition) is 8. The standard InChI is InChI=1S/C24H30N4O6S/c29-13-11-27-23(31)21(17-25-15-19-7-3-1-4-8-19)35(33,34)22(24(32)28-12-14-30)18-26-16-20-9-5-2-6-10-20/h1-10,17-18,25-26,29-30H,11-16H2,(H,27,31)(H,28,32)/b21-17+,22-18+. The molecule has 11 heteroatoms. The maximum absolute atomic E-state index is 13.5. The summed E-state index contributed by atoms with van der Waals surface area (Å²) in [5.41, 5.74) is 1.69. The molecule has 2 amide bonds. The van der Waals surface area contributed by atoms with Gasteiger partial charge in [0.2, 0.25) is 9.84 Å². The van der Waals surface area contributed by atoms with Gasteiger partial charge in [-0.15, -0.1) is 0 Å². The van der Waals surface area contributed by atoms with Crippen LogP contribution in [-0.4, -0.2) is 56.7 Å². The second kappa shape index (κ2) is 14.6. The van der Waals surface area contributed by atoms with Crippen LogP contribution in [0.3, 0.4) is 0 Å². The molecule has 0 atom stereocenters. The van der Waals surface area contributed by atoms with Crippen molar-refractivity contribution >= 4 is 21.7 Å². The second-order valence-corrected chi connectivity index (χ2v) is 9.10. The lowest BCUT2D eigenvalue weighted by molar-refractivity contribution is -0.117. The average Bonchev–Trinajstić information content (AvgIpc) is 2.87. The molecule has 2 rings (SSSR count). The smallest absolute Gasteiger partial charge is 0.264 e. The van der Waals surface area contributed by atoms with Gasteiger partial charge in [0, 0.05) is 38.6 Å². The summed E-state index contributed by atoms with van der Waals surface area (Å²) < 4.78 is 26.9. The summed E-state index contributed by atoms with van der Waals surface area (Å²) in [7, 11) is -4.62. The van der Waals surface area contributed by atoms with Crippen LogP contribution in [0.2, 0.25) is 0 Å². The maximum Gasteiger partial charge on any atom is 0.264 e. The van der Waals surface area contributed by atoms with Crippen LogP contribution in [0.4, 0.5) is 0 Å². The van der Waals surface area contributed by atoms with Gasteiger partial charge in [0.1, 0.15) is 0 Å². The molecule has 188 valence electrons. The zero-order chi connectivity index (χ0) is 25.5. The number of carbonyl (C=O) groups is 2. The number of aliphatic hydroxyl groups is 2. The van der Waals surface area contributed by atoms with E-state index in [-0.39, 0.29) is 26.2 Å². The Morgan fingerprint density at radius 2 is 1.06 bits per heavy atom. The SMILES string of the molecule is O=C(NCCO)/C(=C\NCc1ccccc1)S(=O)(=O)/C(=C/NCc1ccccc1)C(=O)NCCO. The van der Waals surface area contributed by atoms with Crippen molar-refractivity contribution in [1.29, 1.82) is 0 Å². The average molecular weight is 503 g/mol. The fourth-order valence-corrected chi connectivity index (χ4v) is 4.22. The lowest BCUT2D eigenvalue weighted by atomic mass is 10.2. The summed E-state index contributed by atoms with van der Waals surface area (Å²) in [5.74, 6) is -1.97. The van der Waals surface area contributed by atoms with Crippen molar-refractivity contribution in [3.05, 3.63) is 94.0 Å². The zero-order valence-electron chi connectivity index (χ0n) is 19.1. The van der Waals surface area contributed by atoms with Crippen molar-refractivity contribution in [1.82, 2.24) is 21.3 Å². The molecular weight excluding hydrogens is 472 g/mol. The van der Waals surface area contributed by atoms with E-state index in [1.807, 2.05) is 60.7 Å². The first-order valence-electron chi connectivity index (χ1n) is 10.9. The molecule has 0 radical (unpaired) electrons. The summed E-state index contributed by atoms with van der Waals surface area (Å²) >= 11 is 0. The first-order valence-corrected chi connectivity index (χ1v) is 12.4. The highest BCUT2D eigenvalue weighted by Gasteiger charge is 2.33. The predicted molar refractivity (Wildman–Crippen MR) is 132 cm³/mol. The molecule has 2 aromatic carbocycles. The molecule has 10 nitrogen and oxygen atoms in total. The number of aliphatic hydroxyl groups excluding tert-OH is 2. The van der Waals surface area contributed by atoms with E-state index < -0.39 is 44.7 Å². The molecule has 2 aromatic rings. The lowest BCUT2D eigenvalue weighted by Crippen LogP contribution is -2.36. The third-order valence-electron chi connectivity index (χ3n) is 4.59. The number of hydrogen-bond donors (Lipinski definition) is 6. The van der Waals surface area contributed by atoms with Crippen LogP contribution in [-0.2, 0) is 32.5 Å². The van der Waals surface area contributed by atoms with Gasteiger partial charge in [0.15, 0.2) is 9.81 Å². The fraction of sp³-hybridized carbons (Fsp3) is 0.250. The molecule has 0 aliphatic heterocycles. The van der Waals surface area contributed by atoms with Gasteiger partial charge in [-0.3, -0.25) is 9.59 Å². The third-order valence-corrected chi connectivity index (χ3v) is 6.35. The van der Waals surface area contributed by atoms with Crippen molar-refractivity contribution in [3.63, 3.8) is 0 Å². The topological polar surface area (TPSA) is 157 Å². The van der Waals surface area contributed by atoms with Crippen molar-refractivity contribution in [2.45, 2.75) is 13.1 Å². The van der Waals surface area contributed by atoms with Gasteiger partial charge in [-0.1, -0.05) is 60.7 Å². The minimum Gasteiger partial charge on any atom is -0.395 e. The van der Waals surface area contributed by atoms with E-state index in [2.05, 4.69) is 21.3 Å². The molecule has 35 heavy (non-hydrogen) atoms. The van der Waals surface area contributed by atoms with Crippen LogP contribution < -0.4 is 21.3 Å². The van der Waals surface area contributed by atoms with E-state index in [1.54, 1.807) is 0 Å². The van der Waals surface area contributed by atoms with Gasteiger partial charge in [-0.05, 0) is 11.1 Å². The van der Waals surface area contributed by atoms with E-state index in [0.717, 1.165) is 23.5 Å². The molecule has 0 aromatic heterocycles. The monoisotopic (exact) mass is 502 g/mol. The molecule has 6 N–H and O–H groups in total. The molecule has 0 bridgehead atoms. The molecule has 0 aliphatic carbocycles. The molecule has 0 spiro atoms. The molecule has 0 saturated heterocycles. The predicted octanol–water partition coefficient (Wildman–Crippen LogP) is -0.119. The number of nitrogens with one attached hydrogen (secondary N) is 4. The molecule has 0 unspecified atom stereocenters. The Bertz CT molecular complexity index is 1040. The van der Waals surface area contributed by atoms with Gasteiger partial charge < -0.3 is 31.5 Å². The van der Waals surface area contributed by atoms with Crippen LogP contribution in [0.25, 0.3) is 0 Å². The van der Waals surface area contributed by atoms with E-state index >= 15 is 0 Å². The highest BCUT2D eigenvalue weighted by Crippen LogP contribution is 2.18. The number of rotatable bonds is 14. The van der Waals surface area contributed by atoms with Gasteiger partial charge in [0.05, 0.1) is 13.2 Å². The Morgan fingerprint density at radius 3 is 1.40 bits per heavy atom. The molecule has 0 aliphatic rings. The van der Waals surface area contributed by atoms with E-state index in [1.165, 1.54) is 0 Å². The fourth-order valence-electron chi connectivity index (χ4n) is 2.88. The lowest BCUT2D eigenvalue weighted by Gasteiger charge is -2.14. The Morgan fingerprint density at radius 1 is 0.686 bits per heavy atom. The third kappa shape index (κ3) is 8.89. The van der Waals surface area contributed by atoms with Crippen molar-refractivity contribution in [2.24, 2.45) is 0 Å². The van der Waals surface area contributed by atoms with Crippen LogP contribution in [0.5, 0.6) is 0 Å².